The number of carbonyl (C=O) groups is 1. The van der Waals surface area contributed by atoms with E-state index in [0.29, 0.717) is 19.8 Å². The van der Waals surface area contributed by atoms with E-state index in [2.05, 4.69) is 6.92 Å². The van der Waals surface area contributed by atoms with Gasteiger partial charge < -0.3 is 9.47 Å². The van der Waals surface area contributed by atoms with Crippen molar-refractivity contribution in [3.8, 4) is 0 Å². The highest BCUT2D eigenvalue weighted by Gasteiger charge is 2.08. The fourth-order valence-corrected chi connectivity index (χ4v) is 1.23. The van der Waals surface area contributed by atoms with Gasteiger partial charge in [-0.05, 0) is 19.8 Å². The summed E-state index contributed by atoms with van der Waals surface area (Å²) in [5.41, 5.74) is 0.788. The topological polar surface area (TPSA) is 35.5 Å². The Hall–Kier alpha value is -0.830. The van der Waals surface area contributed by atoms with Crippen LogP contribution in [0, 0.1) is 0 Å². The predicted octanol–water partition coefficient (Wildman–Crippen LogP) is 2.70. The molecule has 3 nitrogen and oxygen atoms in total. The van der Waals surface area contributed by atoms with Crippen LogP contribution < -0.4 is 0 Å². The monoisotopic (exact) mass is 214 g/mol. The Balaban J connectivity index is 3.87. The number of ether oxygens (including phenoxy) is 2. The minimum atomic E-state index is -0.196. The Morgan fingerprint density at radius 3 is 2.47 bits per heavy atom. The molecule has 15 heavy (non-hydrogen) atoms. The second-order valence-corrected chi connectivity index (χ2v) is 3.22. The lowest BCUT2D eigenvalue weighted by molar-refractivity contribution is -0.140. The van der Waals surface area contributed by atoms with Crippen LogP contribution in [0.25, 0.3) is 0 Å². The van der Waals surface area contributed by atoms with Gasteiger partial charge in [-0.15, -0.1) is 0 Å². The van der Waals surface area contributed by atoms with E-state index in [1.54, 1.807) is 0 Å². The smallest absolute Gasteiger partial charge is 0.333 e. The first-order valence-electron chi connectivity index (χ1n) is 5.70. The van der Waals surface area contributed by atoms with Gasteiger partial charge in [-0.25, -0.2) is 4.79 Å². The van der Waals surface area contributed by atoms with Crippen LogP contribution in [-0.2, 0) is 14.3 Å². The molecule has 0 N–H and O–H groups in total. The van der Waals surface area contributed by atoms with Crippen molar-refractivity contribution >= 4 is 5.97 Å². The van der Waals surface area contributed by atoms with Crippen molar-refractivity contribution in [2.24, 2.45) is 0 Å². The summed E-state index contributed by atoms with van der Waals surface area (Å²) in [5.74, 6) is -0.196. The number of rotatable bonds is 8. The molecule has 0 spiro atoms. The molecule has 0 unspecified atom stereocenters. The van der Waals surface area contributed by atoms with Gasteiger partial charge in [-0.1, -0.05) is 26.3 Å². The van der Waals surface area contributed by atoms with Crippen LogP contribution in [0.5, 0.6) is 0 Å². The van der Waals surface area contributed by atoms with E-state index >= 15 is 0 Å². The van der Waals surface area contributed by atoms with Crippen LogP contribution in [0.15, 0.2) is 11.6 Å². The van der Waals surface area contributed by atoms with Crippen molar-refractivity contribution in [1.82, 2.24) is 0 Å². The van der Waals surface area contributed by atoms with Gasteiger partial charge in [0.15, 0.2) is 0 Å². The molecule has 0 heterocycles. The minimum absolute atomic E-state index is 0.196. The van der Waals surface area contributed by atoms with Gasteiger partial charge >= 0.3 is 5.97 Å². The van der Waals surface area contributed by atoms with Crippen LogP contribution in [0.2, 0.25) is 0 Å². The van der Waals surface area contributed by atoms with Crippen LogP contribution in [-0.4, -0.2) is 25.8 Å². The van der Waals surface area contributed by atoms with Crippen LogP contribution in [0.1, 0.15) is 40.0 Å². The molecule has 0 rings (SSSR count). The van der Waals surface area contributed by atoms with Gasteiger partial charge in [0.25, 0.3) is 0 Å². The zero-order chi connectivity index (χ0) is 11.5. The molecule has 0 aromatic heterocycles. The molecule has 0 bridgehead atoms. The van der Waals surface area contributed by atoms with Crippen LogP contribution in [0.3, 0.4) is 0 Å². The molecule has 0 amide bonds. The summed E-state index contributed by atoms with van der Waals surface area (Å²) in [7, 11) is 0. The summed E-state index contributed by atoms with van der Waals surface area (Å²) in [5, 5.41) is 0. The molecule has 0 radical (unpaired) electrons. The minimum Gasteiger partial charge on any atom is -0.460 e. The maximum atomic E-state index is 11.5. The molecule has 88 valence electrons. The van der Waals surface area contributed by atoms with Crippen LogP contribution in [0.4, 0.5) is 0 Å². The van der Waals surface area contributed by atoms with Crippen molar-refractivity contribution in [3.05, 3.63) is 11.6 Å². The molecular formula is C12H22O3. The molecule has 0 aromatic rings. The summed E-state index contributed by atoms with van der Waals surface area (Å²) >= 11 is 0. The van der Waals surface area contributed by atoms with Crippen molar-refractivity contribution < 1.29 is 14.3 Å². The van der Waals surface area contributed by atoms with E-state index in [0.717, 1.165) is 24.8 Å². The van der Waals surface area contributed by atoms with Crippen LogP contribution >= 0.6 is 0 Å². The highest BCUT2D eigenvalue weighted by atomic mass is 16.6. The van der Waals surface area contributed by atoms with Gasteiger partial charge in [0.2, 0.25) is 0 Å². The summed E-state index contributed by atoms with van der Waals surface area (Å²) in [6, 6.07) is 0. The van der Waals surface area contributed by atoms with Crippen molar-refractivity contribution in [2.75, 3.05) is 19.8 Å². The van der Waals surface area contributed by atoms with Gasteiger partial charge in [-0.3, -0.25) is 0 Å². The molecule has 0 atom stereocenters. The standard InChI is InChI=1S/C12H22O3/c1-4-7-11(8-5-2)12(13)15-10-9-14-6-3/h7H,4-6,8-10H2,1-3H3. The average Bonchev–Trinajstić information content (AvgIpc) is 2.24. The zero-order valence-electron chi connectivity index (χ0n) is 10.0. The molecule has 0 aliphatic carbocycles. The largest absolute Gasteiger partial charge is 0.460 e. The Morgan fingerprint density at radius 2 is 1.93 bits per heavy atom. The summed E-state index contributed by atoms with van der Waals surface area (Å²) in [6.07, 6.45) is 4.57. The van der Waals surface area contributed by atoms with E-state index in [1.165, 1.54) is 0 Å². The fourth-order valence-electron chi connectivity index (χ4n) is 1.23. The number of esters is 1. The average molecular weight is 214 g/mol. The maximum Gasteiger partial charge on any atom is 0.333 e. The molecular weight excluding hydrogens is 192 g/mol. The molecule has 0 aromatic carbocycles. The van der Waals surface area contributed by atoms with Gasteiger partial charge in [-0.2, -0.15) is 0 Å². The zero-order valence-corrected chi connectivity index (χ0v) is 10.0. The lowest BCUT2D eigenvalue weighted by Crippen LogP contribution is -2.12. The van der Waals surface area contributed by atoms with E-state index in [1.807, 2.05) is 19.9 Å². The first-order valence-corrected chi connectivity index (χ1v) is 5.70. The van der Waals surface area contributed by atoms with Gasteiger partial charge in [0.05, 0.1) is 6.61 Å². The fraction of sp³-hybridized carbons (Fsp3) is 0.750. The molecule has 0 aliphatic rings. The van der Waals surface area contributed by atoms with Gasteiger partial charge in [0.1, 0.15) is 6.61 Å². The molecule has 3 heteroatoms. The van der Waals surface area contributed by atoms with Gasteiger partial charge in [0, 0.05) is 12.2 Å². The normalized spacial score (nSPS) is 11.5. The summed E-state index contributed by atoms with van der Waals surface area (Å²) in [4.78, 5) is 11.5. The third kappa shape index (κ3) is 7.14. The summed E-state index contributed by atoms with van der Waals surface area (Å²) in [6.45, 7) is 7.47. The van der Waals surface area contributed by atoms with E-state index < -0.39 is 0 Å². The van der Waals surface area contributed by atoms with Crippen molar-refractivity contribution in [3.63, 3.8) is 0 Å². The Bertz CT molecular complexity index is 197. The Kier molecular flexibility index (Phi) is 9.18. The number of carbonyl (C=O) groups excluding carboxylic acids is 1. The highest BCUT2D eigenvalue weighted by Crippen LogP contribution is 2.08. The van der Waals surface area contributed by atoms with E-state index in [9.17, 15) is 4.79 Å². The first kappa shape index (κ1) is 14.2. The lowest BCUT2D eigenvalue weighted by atomic mass is 10.1. The second-order valence-electron chi connectivity index (χ2n) is 3.22. The van der Waals surface area contributed by atoms with Crippen molar-refractivity contribution in [2.45, 2.75) is 40.0 Å². The number of allylic oxidation sites excluding steroid dienone is 1. The molecule has 0 fully saturated rings. The number of hydrogen-bond acceptors (Lipinski definition) is 3. The maximum absolute atomic E-state index is 11.5. The van der Waals surface area contributed by atoms with Crippen molar-refractivity contribution in [1.29, 1.82) is 0 Å². The first-order chi connectivity index (χ1) is 7.26. The molecule has 0 aliphatic heterocycles. The Morgan fingerprint density at radius 1 is 1.20 bits per heavy atom. The lowest BCUT2D eigenvalue weighted by Gasteiger charge is -2.07. The third-order valence-electron chi connectivity index (χ3n) is 1.90. The molecule has 0 saturated carbocycles. The second kappa shape index (κ2) is 9.71. The molecule has 0 saturated heterocycles. The SMILES string of the molecule is CCC=C(CCC)C(=O)OCCOCC. The Labute approximate surface area is 92.5 Å². The van der Waals surface area contributed by atoms with E-state index in [-0.39, 0.29) is 5.97 Å². The third-order valence-corrected chi connectivity index (χ3v) is 1.90. The highest BCUT2D eigenvalue weighted by molar-refractivity contribution is 5.88. The van der Waals surface area contributed by atoms with E-state index in [4.69, 9.17) is 9.47 Å². The summed E-state index contributed by atoms with van der Waals surface area (Å²) < 4.78 is 10.2. The quantitative estimate of drug-likeness (QED) is 0.354. The predicted molar refractivity (Wildman–Crippen MR) is 60.7 cm³/mol. The number of hydrogen-bond donors (Lipinski definition) is 0.